The molecule has 0 aliphatic heterocycles. The Morgan fingerprint density at radius 2 is 2.00 bits per heavy atom. The molecule has 5 heteroatoms. The fourth-order valence-corrected chi connectivity index (χ4v) is 2.58. The minimum Gasteiger partial charge on any atom is -0.328 e. The van der Waals surface area contributed by atoms with E-state index in [1.54, 1.807) is 11.8 Å². The van der Waals surface area contributed by atoms with Crippen LogP contribution in [0.4, 0.5) is 5.69 Å². The van der Waals surface area contributed by atoms with Crippen LogP contribution in [0, 0.1) is 5.92 Å². The molecule has 0 heterocycles. The van der Waals surface area contributed by atoms with Crippen molar-refractivity contribution in [3.63, 3.8) is 0 Å². The number of thioether (sulfide) groups is 1. The number of anilines is 1. The maximum Gasteiger partial charge on any atom is 0.227 e. The van der Waals surface area contributed by atoms with E-state index in [9.17, 15) is 4.79 Å². The van der Waals surface area contributed by atoms with Crippen molar-refractivity contribution in [1.29, 1.82) is 0 Å². The van der Waals surface area contributed by atoms with E-state index in [4.69, 9.17) is 5.73 Å². The zero-order valence-corrected chi connectivity index (χ0v) is 12.0. The Kier molecular flexibility index (Phi) is 5.99. The van der Waals surface area contributed by atoms with Gasteiger partial charge in [0.2, 0.25) is 5.91 Å². The lowest BCUT2D eigenvalue weighted by Crippen LogP contribution is -2.23. The molecule has 3 N–H and O–H groups in total. The number of hydrogen-bond acceptors (Lipinski definition) is 3. The number of amides is 1. The Bertz CT molecular complexity index is 396. The van der Waals surface area contributed by atoms with Gasteiger partial charge in [0.15, 0.2) is 0 Å². The predicted octanol–water partition coefficient (Wildman–Crippen LogP) is 2.90. The summed E-state index contributed by atoms with van der Waals surface area (Å²) in [6.45, 7) is 0. The third-order valence-electron chi connectivity index (χ3n) is 3.20. The molecule has 0 saturated heterocycles. The molecule has 0 spiro atoms. The van der Waals surface area contributed by atoms with Gasteiger partial charge in [0.1, 0.15) is 0 Å². The zero-order valence-electron chi connectivity index (χ0n) is 10.4. The summed E-state index contributed by atoms with van der Waals surface area (Å²) in [4.78, 5) is 13.1. The molecule has 1 aliphatic rings. The Hall–Kier alpha value is -0.710. The molecule has 1 aliphatic carbocycles. The van der Waals surface area contributed by atoms with Crippen molar-refractivity contribution in [2.45, 2.75) is 30.2 Å². The number of hydrogen-bond donors (Lipinski definition) is 2. The Morgan fingerprint density at radius 3 is 2.50 bits per heavy atom. The highest BCUT2D eigenvalue weighted by molar-refractivity contribution is 7.98. The monoisotopic (exact) mass is 286 g/mol. The molecule has 1 saturated carbocycles. The van der Waals surface area contributed by atoms with Gasteiger partial charge in [-0.3, -0.25) is 4.79 Å². The van der Waals surface area contributed by atoms with Crippen LogP contribution in [0.5, 0.6) is 0 Å². The van der Waals surface area contributed by atoms with Crippen LogP contribution in [-0.4, -0.2) is 18.2 Å². The Balaban J connectivity index is 0.00000162. The SMILES string of the molecule is CSc1ccc(NC(=O)C2CCC(N)C2)cc1.Cl. The number of halogens is 1. The lowest BCUT2D eigenvalue weighted by Gasteiger charge is -2.10. The third-order valence-corrected chi connectivity index (χ3v) is 3.95. The fourth-order valence-electron chi connectivity index (χ4n) is 2.17. The summed E-state index contributed by atoms with van der Waals surface area (Å²) in [5.41, 5.74) is 6.68. The van der Waals surface area contributed by atoms with Gasteiger partial charge in [-0.05, 0) is 49.8 Å². The largest absolute Gasteiger partial charge is 0.328 e. The second-order valence-electron chi connectivity index (χ2n) is 4.49. The molecule has 100 valence electrons. The first-order chi connectivity index (χ1) is 8.19. The molecule has 1 aromatic rings. The van der Waals surface area contributed by atoms with E-state index in [1.807, 2.05) is 30.5 Å². The van der Waals surface area contributed by atoms with Crippen molar-refractivity contribution in [2.75, 3.05) is 11.6 Å². The van der Waals surface area contributed by atoms with Crippen LogP contribution in [-0.2, 0) is 4.79 Å². The zero-order chi connectivity index (χ0) is 12.3. The average Bonchev–Trinajstić information content (AvgIpc) is 2.77. The number of benzene rings is 1. The quantitative estimate of drug-likeness (QED) is 0.840. The summed E-state index contributed by atoms with van der Waals surface area (Å²) >= 11 is 1.69. The smallest absolute Gasteiger partial charge is 0.227 e. The number of nitrogens with one attached hydrogen (secondary N) is 1. The highest BCUT2D eigenvalue weighted by Crippen LogP contribution is 2.26. The summed E-state index contributed by atoms with van der Waals surface area (Å²) in [5.74, 6) is 0.195. The minimum absolute atomic E-state index is 0. The molecule has 3 nitrogen and oxygen atoms in total. The lowest BCUT2D eigenvalue weighted by atomic mass is 10.1. The Morgan fingerprint density at radius 1 is 1.33 bits per heavy atom. The molecule has 2 rings (SSSR count). The summed E-state index contributed by atoms with van der Waals surface area (Å²) < 4.78 is 0. The molecule has 2 unspecified atom stereocenters. The third kappa shape index (κ3) is 3.90. The fraction of sp³-hybridized carbons (Fsp3) is 0.462. The van der Waals surface area contributed by atoms with E-state index in [0.29, 0.717) is 0 Å². The van der Waals surface area contributed by atoms with Crippen LogP contribution >= 0.6 is 24.2 Å². The number of rotatable bonds is 3. The van der Waals surface area contributed by atoms with Crippen LogP contribution in [0.3, 0.4) is 0 Å². The maximum atomic E-state index is 11.9. The number of nitrogens with two attached hydrogens (primary N) is 1. The van der Waals surface area contributed by atoms with E-state index in [-0.39, 0.29) is 30.3 Å². The van der Waals surface area contributed by atoms with E-state index in [2.05, 4.69) is 5.32 Å². The second kappa shape index (κ2) is 7.02. The van der Waals surface area contributed by atoms with E-state index >= 15 is 0 Å². The van der Waals surface area contributed by atoms with Crippen LogP contribution in [0.15, 0.2) is 29.2 Å². The molecular formula is C13H19ClN2OS. The topological polar surface area (TPSA) is 55.1 Å². The number of carbonyl (C=O) groups is 1. The first-order valence-corrected chi connectivity index (χ1v) is 7.12. The van der Waals surface area contributed by atoms with Crippen molar-refractivity contribution >= 4 is 35.8 Å². The van der Waals surface area contributed by atoms with Gasteiger partial charge < -0.3 is 11.1 Å². The van der Waals surface area contributed by atoms with Gasteiger partial charge in [-0.25, -0.2) is 0 Å². The van der Waals surface area contributed by atoms with Gasteiger partial charge >= 0.3 is 0 Å². The van der Waals surface area contributed by atoms with Gasteiger partial charge in [0.05, 0.1) is 0 Å². The van der Waals surface area contributed by atoms with Gasteiger partial charge in [-0.1, -0.05) is 0 Å². The first kappa shape index (κ1) is 15.3. The molecule has 0 bridgehead atoms. The van der Waals surface area contributed by atoms with Gasteiger partial charge in [-0.15, -0.1) is 24.2 Å². The van der Waals surface area contributed by atoms with Crippen molar-refractivity contribution < 1.29 is 4.79 Å². The van der Waals surface area contributed by atoms with Crippen molar-refractivity contribution in [3.05, 3.63) is 24.3 Å². The van der Waals surface area contributed by atoms with Gasteiger partial charge in [0, 0.05) is 22.5 Å². The summed E-state index contributed by atoms with van der Waals surface area (Å²) in [5, 5.41) is 2.95. The summed E-state index contributed by atoms with van der Waals surface area (Å²) in [6.07, 6.45) is 4.72. The average molecular weight is 287 g/mol. The van der Waals surface area contributed by atoms with E-state index in [0.717, 1.165) is 24.9 Å². The first-order valence-electron chi connectivity index (χ1n) is 5.89. The van der Waals surface area contributed by atoms with Crippen LogP contribution in [0.1, 0.15) is 19.3 Å². The molecule has 18 heavy (non-hydrogen) atoms. The van der Waals surface area contributed by atoms with Crippen LogP contribution < -0.4 is 11.1 Å². The lowest BCUT2D eigenvalue weighted by molar-refractivity contribution is -0.119. The normalized spacial score (nSPS) is 22.3. The highest BCUT2D eigenvalue weighted by atomic mass is 35.5. The highest BCUT2D eigenvalue weighted by Gasteiger charge is 2.27. The van der Waals surface area contributed by atoms with Crippen LogP contribution in [0.25, 0.3) is 0 Å². The summed E-state index contributed by atoms with van der Waals surface area (Å²) in [7, 11) is 0. The van der Waals surface area contributed by atoms with Crippen molar-refractivity contribution in [3.8, 4) is 0 Å². The summed E-state index contributed by atoms with van der Waals surface area (Å²) in [6, 6.07) is 8.11. The van der Waals surface area contributed by atoms with Crippen molar-refractivity contribution in [2.24, 2.45) is 11.7 Å². The van der Waals surface area contributed by atoms with Crippen molar-refractivity contribution in [1.82, 2.24) is 0 Å². The number of carbonyl (C=O) groups excluding carboxylic acids is 1. The van der Waals surface area contributed by atoms with Gasteiger partial charge in [0.25, 0.3) is 0 Å². The van der Waals surface area contributed by atoms with Gasteiger partial charge in [-0.2, -0.15) is 0 Å². The van der Waals surface area contributed by atoms with E-state index in [1.165, 1.54) is 4.90 Å². The molecule has 0 aromatic heterocycles. The minimum atomic E-state index is 0. The van der Waals surface area contributed by atoms with Crippen LogP contribution in [0.2, 0.25) is 0 Å². The second-order valence-corrected chi connectivity index (χ2v) is 5.37. The molecular weight excluding hydrogens is 268 g/mol. The molecule has 1 amide bonds. The molecule has 2 atom stereocenters. The molecule has 1 aromatic carbocycles. The standard InChI is InChI=1S/C13H18N2OS.ClH/c1-17-12-6-4-11(5-7-12)15-13(16)9-2-3-10(14)8-9;/h4-7,9-10H,2-3,8,14H2,1H3,(H,15,16);1H. The molecule has 0 radical (unpaired) electrons. The predicted molar refractivity (Wildman–Crippen MR) is 79.4 cm³/mol. The maximum absolute atomic E-state index is 11.9. The van der Waals surface area contributed by atoms with E-state index < -0.39 is 0 Å². The Labute approximate surface area is 118 Å². The molecule has 1 fully saturated rings.